The van der Waals surface area contributed by atoms with Gasteiger partial charge >= 0.3 is 0 Å². The monoisotopic (exact) mass is 337 g/mol. The molecule has 2 heterocycles. The number of hydrogen-bond acceptors (Lipinski definition) is 5. The summed E-state index contributed by atoms with van der Waals surface area (Å²) in [7, 11) is 0. The minimum atomic E-state index is -0.374. The van der Waals surface area contributed by atoms with Crippen LogP contribution < -0.4 is 4.90 Å². The molecule has 0 saturated heterocycles. The van der Waals surface area contributed by atoms with E-state index in [1.165, 1.54) is 6.33 Å². The number of nitro benzene ring substituents is 1. The number of anilines is 1. The smallest absolute Gasteiger partial charge is 0.285 e. The van der Waals surface area contributed by atoms with Gasteiger partial charge in [0.15, 0.2) is 0 Å². The van der Waals surface area contributed by atoms with Crippen molar-refractivity contribution < 1.29 is 4.92 Å². The summed E-state index contributed by atoms with van der Waals surface area (Å²) in [5.74, 6) is 0. The molecule has 1 aromatic heterocycles. The van der Waals surface area contributed by atoms with Gasteiger partial charge in [-0.1, -0.05) is 0 Å². The van der Waals surface area contributed by atoms with E-state index in [0.717, 1.165) is 24.2 Å². The maximum absolute atomic E-state index is 11.1. The van der Waals surface area contributed by atoms with Crippen LogP contribution in [-0.2, 0) is 6.42 Å². The highest BCUT2D eigenvalue weighted by molar-refractivity contribution is 9.10. The zero-order valence-electron chi connectivity index (χ0n) is 10.7. The summed E-state index contributed by atoms with van der Waals surface area (Å²) in [5.41, 5.74) is 2.05. The number of hydrogen-bond donors (Lipinski definition) is 0. The molecule has 0 N–H and O–H groups in total. The molecule has 0 aliphatic carbocycles. The molecule has 2 aromatic rings. The lowest BCUT2D eigenvalue weighted by Crippen LogP contribution is -2.29. The molecule has 0 saturated carbocycles. The van der Waals surface area contributed by atoms with E-state index in [2.05, 4.69) is 30.9 Å². The van der Waals surface area contributed by atoms with Gasteiger partial charge in [-0.15, -0.1) is 0 Å². The van der Waals surface area contributed by atoms with Crippen molar-refractivity contribution in [3.8, 4) is 0 Å². The first-order valence-electron chi connectivity index (χ1n) is 6.19. The van der Waals surface area contributed by atoms with E-state index in [1.54, 1.807) is 17.1 Å². The van der Waals surface area contributed by atoms with Crippen molar-refractivity contribution in [2.24, 2.45) is 0 Å². The van der Waals surface area contributed by atoms with Crippen LogP contribution in [0.1, 0.15) is 18.7 Å². The van der Waals surface area contributed by atoms with Crippen LogP contribution >= 0.6 is 15.9 Å². The Labute approximate surface area is 123 Å². The third kappa shape index (κ3) is 1.96. The van der Waals surface area contributed by atoms with Crippen LogP contribution in [0, 0.1) is 10.1 Å². The quantitative estimate of drug-likeness (QED) is 0.635. The first-order valence-corrected chi connectivity index (χ1v) is 6.98. The molecule has 20 heavy (non-hydrogen) atoms. The largest absolute Gasteiger partial charge is 0.349 e. The molecule has 3 rings (SSSR count). The molecule has 0 spiro atoms. The number of nitro groups is 1. The number of nitrogens with zero attached hydrogens (tertiary/aromatic N) is 5. The minimum Gasteiger partial charge on any atom is -0.349 e. The Morgan fingerprint density at radius 3 is 2.95 bits per heavy atom. The van der Waals surface area contributed by atoms with Gasteiger partial charge in [-0.2, -0.15) is 5.10 Å². The van der Waals surface area contributed by atoms with Crippen molar-refractivity contribution >= 4 is 27.3 Å². The average Bonchev–Trinajstić information content (AvgIpc) is 3.03. The number of halogens is 1. The van der Waals surface area contributed by atoms with Crippen molar-refractivity contribution in [1.29, 1.82) is 0 Å². The zero-order valence-corrected chi connectivity index (χ0v) is 12.3. The van der Waals surface area contributed by atoms with Gasteiger partial charge in [0.2, 0.25) is 0 Å². The molecular weight excluding hydrogens is 326 g/mol. The predicted molar refractivity (Wildman–Crippen MR) is 76.6 cm³/mol. The first-order chi connectivity index (χ1) is 9.61. The molecule has 0 amide bonds. The highest BCUT2D eigenvalue weighted by atomic mass is 79.9. The number of fused-ring (bicyclic) bond motifs is 1. The SMILES string of the molecule is CCN1c2cc([N+](=O)[O-])c(Br)cc2CC1n1cncn1. The summed E-state index contributed by atoms with van der Waals surface area (Å²) in [6.45, 7) is 2.77. The van der Waals surface area contributed by atoms with Crippen LogP contribution in [0.25, 0.3) is 0 Å². The van der Waals surface area contributed by atoms with Crippen molar-refractivity contribution in [1.82, 2.24) is 14.8 Å². The minimum absolute atomic E-state index is 0.0198. The second-order valence-corrected chi connectivity index (χ2v) is 5.39. The van der Waals surface area contributed by atoms with E-state index in [1.807, 2.05) is 13.0 Å². The van der Waals surface area contributed by atoms with Crippen molar-refractivity contribution in [2.45, 2.75) is 19.5 Å². The third-order valence-corrected chi connectivity index (χ3v) is 4.13. The fourth-order valence-electron chi connectivity index (χ4n) is 2.62. The topological polar surface area (TPSA) is 77.1 Å². The van der Waals surface area contributed by atoms with Crippen molar-refractivity contribution in [3.63, 3.8) is 0 Å². The number of likely N-dealkylation sites (N-methyl/N-ethyl adjacent to an activating group) is 1. The second-order valence-electron chi connectivity index (χ2n) is 4.54. The Kier molecular flexibility index (Phi) is 3.17. The van der Waals surface area contributed by atoms with Crippen LogP contribution in [0.2, 0.25) is 0 Å². The predicted octanol–water partition coefficient (Wildman–Crippen LogP) is 2.53. The Bertz CT molecular complexity index is 658. The van der Waals surface area contributed by atoms with Crippen LogP contribution in [0.4, 0.5) is 11.4 Å². The molecule has 8 heteroatoms. The van der Waals surface area contributed by atoms with Crippen LogP contribution in [-0.4, -0.2) is 26.2 Å². The highest BCUT2D eigenvalue weighted by Crippen LogP contribution is 2.42. The van der Waals surface area contributed by atoms with Crippen LogP contribution in [0.15, 0.2) is 29.3 Å². The molecule has 0 fully saturated rings. The molecule has 1 unspecified atom stereocenters. The molecule has 0 bridgehead atoms. The Hall–Kier alpha value is -1.96. The van der Waals surface area contributed by atoms with Gasteiger partial charge in [0, 0.05) is 24.7 Å². The van der Waals surface area contributed by atoms with Gasteiger partial charge in [0.1, 0.15) is 18.8 Å². The van der Waals surface area contributed by atoms with Gasteiger partial charge in [-0.05, 0) is 34.5 Å². The summed E-state index contributed by atoms with van der Waals surface area (Å²) in [4.78, 5) is 16.8. The lowest BCUT2D eigenvalue weighted by molar-refractivity contribution is -0.385. The van der Waals surface area contributed by atoms with E-state index < -0.39 is 0 Å². The molecular formula is C12H12BrN5O2. The van der Waals surface area contributed by atoms with Gasteiger partial charge in [-0.3, -0.25) is 10.1 Å². The summed E-state index contributed by atoms with van der Waals surface area (Å²) in [6, 6.07) is 3.45. The molecule has 1 atom stereocenters. The number of rotatable bonds is 3. The summed E-state index contributed by atoms with van der Waals surface area (Å²) in [5, 5.41) is 15.2. The van der Waals surface area contributed by atoms with Crippen molar-refractivity contribution in [3.05, 3.63) is 44.9 Å². The van der Waals surface area contributed by atoms with E-state index in [9.17, 15) is 10.1 Å². The molecule has 1 aromatic carbocycles. The molecule has 104 valence electrons. The first kappa shape index (κ1) is 13.0. The Balaban J connectivity index is 2.07. The maximum Gasteiger partial charge on any atom is 0.285 e. The lowest BCUT2D eigenvalue weighted by atomic mass is 10.1. The van der Waals surface area contributed by atoms with E-state index in [4.69, 9.17) is 0 Å². The normalized spacial score (nSPS) is 17.3. The van der Waals surface area contributed by atoms with E-state index in [0.29, 0.717) is 4.47 Å². The van der Waals surface area contributed by atoms with Gasteiger partial charge in [-0.25, -0.2) is 9.67 Å². The van der Waals surface area contributed by atoms with Gasteiger partial charge < -0.3 is 4.90 Å². The molecule has 0 radical (unpaired) electrons. The zero-order chi connectivity index (χ0) is 14.3. The number of benzene rings is 1. The van der Waals surface area contributed by atoms with E-state index >= 15 is 0 Å². The van der Waals surface area contributed by atoms with Crippen molar-refractivity contribution in [2.75, 3.05) is 11.4 Å². The molecule has 1 aliphatic rings. The average molecular weight is 338 g/mol. The lowest BCUT2D eigenvalue weighted by Gasteiger charge is -2.25. The third-order valence-electron chi connectivity index (χ3n) is 3.50. The summed E-state index contributed by atoms with van der Waals surface area (Å²) < 4.78 is 2.29. The molecule has 1 aliphatic heterocycles. The summed E-state index contributed by atoms with van der Waals surface area (Å²) >= 11 is 3.27. The Morgan fingerprint density at radius 1 is 1.55 bits per heavy atom. The number of aromatic nitrogens is 3. The van der Waals surface area contributed by atoms with E-state index in [-0.39, 0.29) is 16.8 Å². The fourth-order valence-corrected chi connectivity index (χ4v) is 3.15. The van der Waals surface area contributed by atoms with Crippen LogP contribution in [0.5, 0.6) is 0 Å². The van der Waals surface area contributed by atoms with Gasteiger partial charge in [0.05, 0.1) is 9.40 Å². The molecule has 7 nitrogen and oxygen atoms in total. The highest BCUT2D eigenvalue weighted by Gasteiger charge is 2.32. The Morgan fingerprint density at radius 2 is 2.35 bits per heavy atom. The maximum atomic E-state index is 11.1. The second kappa shape index (κ2) is 4.86. The fraction of sp³-hybridized carbons (Fsp3) is 0.333. The summed E-state index contributed by atoms with van der Waals surface area (Å²) in [6.07, 6.45) is 3.94. The van der Waals surface area contributed by atoms with Gasteiger partial charge in [0.25, 0.3) is 5.69 Å². The standard InChI is InChI=1S/C12H12BrN5O2/c1-2-16-10-5-11(18(19)20)9(13)3-8(10)4-12(16)17-7-14-6-15-17/h3,5-7,12H,2,4H2,1H3. The van der Waals surface area contributed by atoms with Crippen LogP contribution in [0.3, 0.4) is 0 Å².